The van der Waals surface area contributed by atoms with Gasteiger partial charge in [0.25, 0.3) is 5.60 Å². The van der Waals surface area contributed by atoms with Crippen LogP contribution in [0.2, 0.25) is 0 Å². The lowest BCUT2D eigenvalue weighted by molar-refractivity contribution is -0.376. The van der Waals surface area contributed by atoms with Gasteiger partial charge in [0.15, 0.2) is 9.84 Å². The van der Waals surface area contributed by atoms with E-state index in [9.17, 15) is 39.9 Å². The Kier molecular flexibility index (Phi) is 5.47. The average Bonchev–Trinajstić information content (AvgIpc) is 3.18. The SMILES string of the molecule is O=S(=O)(c1ccccc1)C1(c2ccc(C(O)(C(F)(F)F)C(F)(F)F)cc2)CCCC1. The summed E-state index contributed by atoms with van der Waals surface area (Å²) in [5.41, 5.74) is -6.38. The molecule has 3 nitrogen and oxygen atoms in total. The van der Waals surface area contributed by atoms with Crippen molar-refractivity contribution >= 4 is 9.84 Å². The minimum Gasteiger partial charge on any atom is -0.369 e. The molecule has 10 heteroatoms. The topological polar surface area (TPSA) is 54.4 Å². The Bertz CT molecular complexity index is 976. The number of hydrogen-bond acceptors (Lipinski definition) is 3. The largest absolute Gasteiger partial charge is 0.430 e. The summed E-state index contributed by atoms with van der Waals surface area (Å²) < 4.78 is 104. The lowest BCUT2D eigenvalue weighted by Gasteiger charge is -2.34. The summed E-state index contributed by atoms with van der Waals surface area (Å²) in [6.45, 7) is 0. The van der Waals surface area contributed by atoms with Gasteiger partial charge < -0.3 is 5.11 Å². The van der Waals surface area contributed by atoms with E-state index in [1.807, 2.05) is 0 Å². The summed E-state index contributed by atoms with van der Waals surface area (Å²) in [6, 6.07) is 10.4. The number of sulfone groups is 1. The highest BCUT2D eigenvalue weighted by Gasteiger charge is 2.71. The maximum atomic E-state index is 13.3. The predicted molar refractivity (Wildman–Crippen MR) is 96.2 cm³/mol. The van der Waals surface area contributed by atoms with Crippen LogP contribution in [0.3, 0.4) is 0 Å². The summed E-state index contributed by atoms with van der Waals surface area (Å²) in [6.07, 6.45) is -10.5. The van der Waals surface area contributed by atoms with Gasteiger partial charge in [0.2, 0.25) is 0 Å². The van der Waals surface area contributed by atoms with E-state index in [1.165, 1.54) is 24.3 Å². The van der Waals surface area contributed by atoms with Crippen molar-refractivity contribution in [3.05, 3.63) is 65.7 Å². The Balaban J connectivity index is 2.12. The Morgan fingerprint density at radius 2 is 1.23 bits per heavy atom. The minimum atomic E-state index is -6.01. The molecule has 164 valence electrons. The molecule has 1 fully saturated rings. The molecular weight excluding hydrogens is 434 g/mol. The van der Waals surface area contributed by atoms with Crippen LogP contribution in [0.15, 0.2) is 59.5 Å². The zero-order valence-electron chi connectivity index (χ0n) is 15.5. The number of alkyl halides is 6. The van der Waals surface area contributed by atoms with E-state index in [1.54, 1.807) is 6.07 Å². The molecule has 1 N–H and O–H groups in total. The van der Waals surface area contributed by atoms with E-state index < -0.39 is 38.1 Å². The second-order valence-electron chi connectivity index (χ2n) is 7.30. The molecule has 0 atom stereocenters. The van der Waals surface area contributed by atoms with Crippen molar-refractivity contribution in [1.82, 2.24) is 0 Å². The Morgan fingerprint density at radius 3 is 1.67 bits per heavy atom. The first-order chi connectivity index (χ1) is 13.8. The first-order valence-electron chi connectivity index (χ1n) is 9.04. The lowest BCUT2D eigenvalue weighted by atomic mass is 9.89. The molecule has 0 spiro atoms. The van der Waals surface area contributed by atoms with Crippen LogP contribution in [0, 0.1) is 0 Å². The summed E-state index contributed by atoms with van der Waals surface area (Å²) in [5, 5.41) is 9.55. The lowest BCUT2D eigenvalue weighted by Crippen LogP contribution is -2.53. The third kappa shape index (κ3) is 3.30. The standard InChI is InChI=1S/C20H18F6O3S/c21-19(22,23)18(27,20(24,25)26)15-10-8-14(9-11-15)17(12-4-5-13-17)30(28,29)16-6-2-1-3-7-16/h1-3,6-11,27H,4-5,12-13H2. The molecule has 30 heavy (non-hydrogen) atoms. The normalized spacial score (nSPS) is 17.8. The molecule has 0 saturated heterocycles. The van der Waals surface area contributed by atoms with E-state index in [4.69, 9.17) is 0 Å². The van der Waals surface area contributed by atoms with Gasteiger partial charge in [-0.2, -0.15) is 26.3 Å². The fraction of sp³-hybridized carbons (Fsp3) is 0.400. The smallest absolute Gasteiger partial charge is 0.369 e. The van der Waals surface area contributed by atoms with E-state index in [0.717, 1.165) is 12.1 Å². The van der Waals surface area contributed by atoms with Gasteiger partial charge in [0.05, 0.1) is 4.90 Å². The van der Waals surface area contributed by atoms with E-state index in [2.05, 4.69) is 0 Å². The molecule has 2 aromatic rings. The second-order valence-corrected chi connectivity index (χ2v) is 9.56. The van der Waals surface area contributed by atoms with Crippen LogP contribution >= 0.6 is 0 Å². The van der Waals surface area contributed by atoms with Crippen molar-refractivity contribution in [1.29, 1.82) is 0 Å². The van der Waals surface area contributed by atoms with Crippen molar-refractivity contribution in [2.45, 2.75) is 53.3 Å². The number of benzene rings is 2. The van der Waals surface area contributed by atoms with Crippen LogP contribution < -0.4 is 0 Å². The molecule has 0 unspecified atom stereocenters. The third-order valence-corrected chi connectivity index (χ3v) is 8.19. The van der Waals surface area contributed by atoms with E-state index >= 15 is 0 Å². The zero-order valence-corrected chi connectivity index (χ0v) is 16.3. The Labute approximate surface area is 169 Å². The molecule has 0 aliphatic heterocycles. The van der Waals surface area contributed by atoms with Crippen LogP contribution in [0.5, 0.6) is 0 Å². The average molecular weight is 452 g/mol. The van der Waals surface area contributed by atoms with Crippen molar-refractivity contribution in [2.24, 2.45) is 0 Å². The Morgan fingerprint density at radius 1 is 0.767 bits per heavy atom. The third-order valence-electron chi connectivity index (χ3n) is 5.63. The summed E-state index contributed by atoms with van der Waals surface area (Å²) in [5.74, 6) is 0. The Hall–Kier alpha value is -2.07. The highest BCUT2D eigenvalue weighted by Crippen LogP contribution is 2.52. The number of aliphatic hydroxyl groups is 1. The molecule has 1 aliphatic rings. The molecule has 2 aromatic carbocycles. The highest BCUT2D eigenvalue weighted by atomic mass is 32.2. The number of rotatable bonds is 4. The molecule has 1 saturated carbocycles. The van der Waals surface area contributed by atoms with Gasteiger partial charge in [-0.15, -0.1) is 0 Å². The summed E-state index contributed by atoms with van der Waals surface area (Å²) in [4.78, 5) is 0.0260. The maximum Gasteiger partial charge on any atom is 0.430 e. The van der Waals surface area contributed by atoms with Crippen LogP contribution in [0.4, 0.5) is 26.3 Å². The second kappa shape index (κ2) is 7.26. The van der Waals surface area contributed by atoms with Crippen molar-refractivity contribution in [3.63, 3.8) is 0 Å². The highest BCUT2D eigenvalue weighted by molar-refractivity contribution is 7.92. The minimum absolute atomic E-state index is 0.0260. The summed E-state index contributed by atoms with van der Waals surface area (Å²) in [7, 11) is -3.97. The quantitative estimate of drug-likeness (QED) is 0.646. The van der Waals surface area contributed by atoms with Crippen molar-refractivity contribution in [2.75, 3.05) is 0 Å². The van der Waals surface area contributed by atoms with Gasteiger partial charge in [-0.3, -0.25) is 0 Å². The maximum absolute atomic E-state index is 13.3. The van der Waals surface area contributed by atoms with Crippen LogP contribution in [0.1, 0.15) is 36.8 Å². The van der Waals surface area contributed by atoms with Gasteiger partial charge in [-0.05, 0) is 30.5 Å². The number of hydrogen-bond donors (Lipinski definition) is 1. The molecule has 0 radical (unpaired) electrons. The van der Waals surface area contributed by atoms with Crippen LogP contribution in [-0.4, -0.2) is 25.9 Å². The molecular formula is C20H18F6O3S. The molecule has 0 heterocycles. The monoisotopic (exact) mass is 452 g/mol. The first kappa shape index (κ1) is 22.6. The molecule has 0 amide bonds. The molecule has 0 aromatic heterocycles. The van der Waals surface area contributed by atoms with Crippen LogP contribution in [-0.2, 0) is 20.2 Å². The van der Waals surface area contributed by atoms with E-state index in [-0.39, 0.29) is 23.3 Å². The predicted octanol–water partition coefficient (Wildman–Crippen LogP) is 5.24. The molecule has 0 bridgehead atoms. The van der Waals surface area contributed by atoms with Gasteiger partial charge in [-0.1, -0.05) is 55.3 Å². The van der Waals surface area contributed by atoms with Gasteiger partial charge in [0, 0.05) is 5.56 Å². The van der Waals surface area contributed by atoms with E-state index in [0.29, 0.717) is 25.0 Å². The molecule has 1 aliphatic carbocycles. The first-order valence-corrected chi connectivity index (χ1v) is 10.5. The number of halogens is 6. The summed E-state index contributed by atoms with van der Waals surface area (Å²) >= 11 is 0. The van der Waals surface area contributed by atoms with Crippen molar-refractivity contribution < 1.29 is 39.9 Å². The van der Waals surface area contributed by atoms with Crippen LogP contribution in [0.25, 0.3) is 0 Å². The van der Waals surface area contributed by atoms with Crippen molar-refractivity contribution in [3.8, 4) is 0 Å². The van der Waals surface area contributed by atoms with Gasteiger partial charge in [-0.25, -0.2) is 8.42 Å². The fourth-order valence-electron chi connectivity index (χ4n) is 3.99. The molecule has 3 rings (SSSR count). The van der Waals surface area contributed by atoms with Gasteiger partial charge in [0.1, 0.15) is 4.75 Å². The fourth-order valence-corrected chi connectivity index (χ4v) is 6.23. The van der Waals surface area contributed by atoms with Gasteiger partial charge >= 0.3 is 12.4 Å². The zero-order chi connectivity index (χ0) is 22.4.